The van der Waals surface area contributed by atoms with Gasteiger partial charge >= 0.3 is 0 Å². The van der Waals surface area contributed by atoms with Crippen LogP contribution in [0.15, 0.2) is 11.6 Å². The second-order valence-electron chi connectivity index (χ2n) is 2.82. The molecule has 60 valence electrons. The van der Waals surface area contributed by atoms with E-state index in [1.165, 1.54) is 31.3 Å². The molecule has 0 bridgehead atoms. The van der Waals surface area contributed by atoms with E-state index in [4.69, 9.17) is 0 Å². The molecule has 0 aromatic heterocycles. The molecule has 0 unspecified atom stereocenters. The Morgan fingerprint density at radius 3 is 2.40 bits per heavy atom. The first-order valence-electron chi connectivity index (χ1n) is 3.96. The molecule has 0 nitrogen and oxygen atoms in total. The third kappa shape index (κ3) is 8.22. The summed E-state index contributed by atoms with van der Waals surface area (Å²) in [5, 5.41) is 1.15. The van der Waals surface area contributed by atoms with Gasteiger partial charge in [-0.25, -0.2) is 0 Å². The molecule has 10 heavy (non-hydrogen) atoms. The van der Waals surface area contributed by atoms with Crippen LogP contribution < -0.4 is 0 Å². The fourth-order valence-corrected chi connectivity index (χ4v) is 1.20. The van der Waals surface area contributed by atoms with E-state index in [1.54, 1.807) is 0 Å². The molecule has 0 saturated heterocycles. The molecule has 0 fully saturated rings. The lowest BCUT2D eigenvalue weighted by atomic mass is 10.2. The predicted molar refractivity (Wildman–Crippen MR) is 51.7 cm³/mol. The lowest BCUT2D eigenvalue weighted by Gasteiger charge is -1.94. The van der Waals surface area contributed by atoms with E-state index in [1.807, 2.05) is 0 Å². The van der Waals surface area contributed by atoms with Crippen molar-refractivity contribution in [2.45, 2.75) is 39.5 Å². The van der Waals surface area contributed by atoms with Gasteiger partial charge in [-0.15, -0.1) is 0 Å². The van der Waals surface area contributed by atoms with Gasteiger partial charge in [-0.3, -0.25) is 0 Å². The summed E-state index contributed by atoms with van der Waals surface area (Å²) >= 11 is 3.41. The fraction of sp³-hybridized carbons (Fsp3) is 0.778. The van der Waals surface area contributed by atoms with Gasteiger partial charge < -0.3 is 0 Å². The van der Waals surface area contributed by atoms with E-state index >= 15 is 0 Å². The van der Waals surface area contributed by atoms with Crippen molar-refractivity contribution in [3.8, 4) is 0 Å². The Kier molecular flexibility index (Phi) is 7.49. The first kappa shape index (κ1) is 10.2. The molecule has 0 heterocycles. The topological polar surface area (TPSA) is 0 Å². The summed E-state index contributed by atoms with van der Waals surface area (Å²) in [4.78, 5) is 0. The third-order valence-corrected chi connectivity index (χ3v) is 1.95. The molecular formula is C9H17Br. The van der Waals surface area contributed by atoms with Gasteiger partial charge in [0.2, 0.25) is 0 Å². The summed E-state index contributed by atoms with van der Waals surface area (Å²) in [5.41, 5.74) is 1.44. The molecule has 1 heteroatoms. The van der Waals surface area contributed by atoms with Gasteiger partial charge in [-0.05, 0) is 33.1 Å². The summed E-state index contributed by atoms with van der Waals surface area (Å²) in [5.74, 6) is 0. The number of unbranched alkanes of at least 4 members (excludes halogenated alkanes) is 3. The predicted octanol–water partition coefficient (Wildman–Crippen LogP) is 3.91. The van der Waals surface area contributed by atoms with Crippen LogP contribution in [0.25, 0.3) is 0 Å². The van der Waals surface area contributed by atoms with E-state index in [-0.39, 0.29) is 0 Å². The van der Waals surface area contributed by atoms with Crippen molar-refractivity contribution in [2.75, 3.05) is 5.33 Å². The van der Waals surface area contributed by atoms with Gasteiger partial charge in [-0.1, -0.05) is 34.0 Å². The molecule has 0 aromatic rings. The highest BCUT2D eigenvalue weighted by Gasteiger charge is 1.84. The van der Waals surface area contributed by atoms with Crippen molar-refractivity contribution in [1.29, 1.82) is 0 Å². The van der Waals surface area contributed by atoms with Crippen LogP contribution >= 0.6 is 15.9 Å². The molecule has 0 aliphatic carbocycles. The molecule has 0 saturated carbocycles. The van der Waals surface area contributed by atoms with Crippen LogP contribution in [0.2, 0.25) is 0 Å². The lowest BCUT2D eigenvalue weighted by Crippen LogP contribution is -1.76. The highest BCUT2D eigenvalue weighted by atomic mass is 79.9. The highest BCUT2D eigenvalue weighted by Crippen LogP contribution is 2.04. The van der Waals surface area contributed by atoms with Crippen LogP contribution in [0.1, 0.15) is 39.5 Å². The third-order valence-electron chi connectivity index (χ3n) is 1.39. The van der Waals surface area contributed by atoms with Crippen molar-refractivity contribution >= 4 is 15.9 Å². The minimum atomic E-state index is 1.15. The fourth-order valence-electron chi connectivity index (χ4n) is 0.806. The van der Waals surface area contributed by atoms with Crippen molar-refractivity contribution in [3.63, 3.8) is 0 Å². The Balaban J connectivity index is 2.98. The minimum absolute atomic E-state index is 1.15. The number of allylic oxidation sites excluding steroid dienone is 2. The molecule has 0 aliphatic rings. The molecule has 0 N–H and O–H groups in total. The van der Waals surface area contributed by atoms with E-state index in [0.29, 0.717) is 0 Å². The number of rotatable bonds is 5. The zero-order valence-corrected chi connectivity index (χ0v) is 8.58. The Morgan fingerprint density at radius 2 is 1.90 bits per heavy atom. The summed E-state index contributed by atoms with van der Waals surface area (Å²) in [6.45, 7) is 4.31. The average molecular weight is 205 g/mol. The maximum Gasteiger partial charge on any atom is 0.00313 e. The SMILES string of the molecule is CC(C)=CCCCCCBr. The lowest BCUT2D eigenvalue weighted by molar-refractivity contribution is 0.734. The van der Waals surface area contributed by atoms with E-state index in [2.05, 4.69) is 35.9 Å². The van der Waals surface area contributed by atoms with Crippen LogP contribution in [-0.4, -0.2) is 5.33 Å². The summed E-state index contributed by atoms with van der Waals surface area (Å²) in [6.07, 6.45) is 7.59. The van der Waals surface area contributed by atoms with Gasteiger partial charge in [0.25, 0.3) is 0 Å². The Hall–Kier alpha value is 0.220. The first-order chi connectivity index (χ1) is 4.77. The maximum atomic E-state index is 3.41. The zero-order valence-electron chi connectivity index (χ0n) is 6.99. The van der Waals surface area contributed by atoms with Gasteiger partial charge in [-0.2, -0.15) is 0 Å². The van der Waals surface area contributed by atoms with Crippen molar-refractivity contribution in [1.82, 2.24) is 0 Å². The number of hydrogen-bond donors (Lipinski definition) is 0. The van der Waals surface area contributed by atoms with E-state index in [0.717, 1.165) is 5.33 Å². The van der Waals surface area contributed by atoms with Gasteiger partial charge in [0.05, 0.1) is 0 Å². The van der Waals surface area contributed by atoms with Crippen LogP contribution in [0.5, 0.6) is 0 Å². The Labute approximate surface area is 72.8 Å². The van der Waals surface area contributed by atoms with E-state index < -0.39 is 0 Å². The van der Waals surface area contributed by atoms with Gasteiger partial charge in [0.15, 0.2) is 0 Å². The van der Waals surface area contributed by atoms with E-state index in [9.17, 15) is 0 Å². The normalized spacial score (nSPS) is 9.50. The standard InChI is InChI=1S/C9H17Br/c1-9(2)7-5-3-4-6-8-10/h7H,3-6,8H2,1-2H3. The quantitative estimate of drug-likeness (QED) is 0.362. The number of alkyl halides is 1. The van der Waals surface area contributed by atoms with Crippen molar-refractivity contribution in [3.05, 3.63) is 11.6 Å². The molecule has 0 amide bonds. The molecule has 0 radical (unpaired) electrons. The van der Waals surface area contributed by atoms with Crippen LogP contribution in [0, 0.1) is 0 Å². The summed E-state index contributed by atoms with van der Waals surface area (Å²) in [6, 6.07) is 0. The number of hydrogen-bond acceptors (Lipinski definition) is 0. The first-order valence-corrected chi connectivity index (χ1v) is 5.09. The summed E-state index contributed by atoms with van der Waals surface area (Å²) in [7, 11) is 0. The zero-order chi connectivity index (χ0) is 7.82. The number of halogens is 1. The van der Waals surface area contributed by atoms with Crippen LogP contribution in [0.3, 0.4) is 0 Å². The second kappa shape index (κ2) is 7.33. The molecule has 0 spiro atoms. The highest BCUT2D eigenvalue weighted by molar-refractivity contribution is 9.09. The van der Waals surface area contributed by atoms with Gasteiger partial charge in [0.1, 0.15) is 0 Å². The van der Waals surface area contributed by atoms with Gasteiger partial charge in [0, 0.05) is 5.33 Å². The van der Waals surface area contributed by atoms with Crippen LogP contribution in [0.4, 0.5) is 0 Å². The van der Waals surface area contributed by atoms with Crippen molar-refractivity contribution < 1.29 is 0 Å². The molecule has 0 atom stereocenters. The molecule has 0 aliphatic heterocycles. The summed E-state index contributed by atoms with van der Waals surface area (Å²) < 4.78 is 0. The van der Waals surface area contributed by atoms with Crippen LogP contribution in [-0.2, 0) is 0 Å². The monoisotopic (exact) mass is 204 g/mol. The molecule has 0 rings (SSSR count). The largest absolute Gasteiger partial charge is 0.0928 e. The Morgan fingerprint density at radius 1 is 1.20 bits per heavy atom. The maximum absolute atomic E-state index is 3.41. The molecular weight excluding hydrogens is 188 g/mol. The van der Waals surface area contributed by atoms with Crippen molar-refractivity contribution in [2.24, 2.45) is 0 Å². The second-order valence-corrected chi connectivity index (χ2v) is 3.61. The minimum Gasteiger partial charge on any atom is -0.0928 e. The average Bonchev–Trinajstić information content (AvgIpc) is 1.87. The Bertz CT molecular complexity index is 90.9. The smallest absolute Gasteiger partial charge is 0.00313 e. The molecule has 0 aromatic carbocycles.